The Kier molecular flexibility index (Phi) is 5.78. The normalized spacial score (nSPS) is 15.9. The van der Waals surface area contributed by atoms with Gasteiger partial charge in [0, 0.05) is 31.3 Å². The van der Waals surface area contributed by atoms with E-state index in [-0.39, 0.29) is 31.8 Å². The van der Waals surface area contributed by atoms with Crippen molar-refractivity contribution in [1.29, 1.82) is 0 Å². The second-order valence-electron chi connectivity index (χ2n) is 8.52. The van der Waals surface area contributed by atoms with Crippen LogP contribution in [0.2, 0.25) is 0 Å². The van der Waals surface area contributed by atoms with E-state index in [4.69, 9.17) is 0 Å². The summed E-state index contributed by atoms with van der Waals surface area (Å²) < 4.78 is 55.9. The number of aryl methyl sites for hydroxylation is 2. The lowest BCUT2D eigenvalue weighted by molar-refractivity contribution is -0.179. The molecule has 5 rings (SSSR count). The number of nitrogens with one attached hydrogen (secondary N) is 1. The molecule has 0 unspecified atom stereocenters. The highest BCUT2D eigenvalue weighted by molar-refractivity contribution is 5.94. The van der Waals surface area contributed by atoms with Crippen molar-refractivity contribution < 1.29 is 22.4 Å². The van der Waals surface area contributed by atoms with Gasteiger partial charge in [-0.15, -0.1) is 0 Å². The number of imidazole rings is 1. The summed E-state index contributed by atoms with van der Waals surface area (Å²) in [6, 6.07) is 9.95. The number of hydrogen-bond donors (Lipinski definition) is 1. The fourth-order valence-electron chi connectivity index (χ4n) is 4.30. The fourth-order valence-corrected chi connectivity index (χ4v) is 4.30. The van der Waals surface area contributed by atoms with Crippen LogP contribution in [-0.4, -0.2) is 36.2 Å². The Labute approximate surface area is 197 Å². The molecule has 4 aromatic rings. The molecule has 1 amide bonds. The van der Waals surface area contributed by atoms with Gasteiger partial charge in [0.1, 0.15) is 23.0 Å². The summed E-state index contributed by atoms with van der Waals surface area (Å²) in [4.78, 5) is 21.6. The highest BCUT2D eigenvalue weighted by Crippen LogP contribution is 2.34. The Morgan fingerprint density at radius 2 is 1.91 bits per heavy atom. The first kappa shape index (κ1) is 23.0. The number of pyridine rings is 1. The van der Waals surface area contributed by atoms with E-state index in [1.807, 2.05) is 6.92 Å². The molecule has 1 aromatic carbocycles. The number of alkyl halides is 3. The van der Waals surface area contributed by atoms with Crippen LogP contribution in [0.15, 0.2) is 42.6 Å². The lowest BCUT2D eigenvalue weighted by atomic mass is 9.98. The van der Waals surface area contributed by atoms with Crippen LogP contribution >= 0.6 is 0 Å². The quantitative estimate of drug-likeness (QED) is 0.426. The minimum atomic E-state index is -4.24. The van der Waals surface area contributed by atoms with Crippen molar-refractivity contribution in [2.45, 2.75) is 45.5 Å². The highest BCUT2D eigenvalue weighted by Gasteiger charge is 2.42. The number of carbonyl (C=O) groups excluding carboxylic acids is 1. The summed E-state index contributed by atoms with van der Waals surface area (Å²) >= 11 is 0. The maximum Gasteiger partial charge on any atom is 0.392 e. The molecule has 11 heteroatoms. The molecule has 35 heavy (non-hydrogen) atoms. The standard InChI is InChI=1S/C24H22F4N6O/c1-2-18-21(33-13-17(25)7-8-19(33)30-18)23(35)29-12-14-3-5-15(6-4-14)22-31-20-11-16(24(26,27)28)9-10-34(20)32-22/h3-8,13,16H,2,9-12H2,1H3,(H,29,35)/t16-/m0/s1. The van der Waals surface area contributed by atoms with E-state index in [0.717, 1.165) is 5.56 Å². The summed E-state index contributed by atoms with van der Waals surface area (Å²) in [6.07, 6.45) is -2.66. The number of carbonyl (C=O) groups is 1. The van der Waals surface area contributed by atoms with Gasteiger partial charge in [0.2, 0.25) is 0 Å². The summed E-state index contributed by atoms with van der Waals surface area (Å²) in [7, 11) is 0. The van der Waals surface area contributed by atoms with E-state index in [2.05, 4.69) is 20.4 Å². The van der Waals surface area contributed by atoms with Crippen molar-refractivity contribution in [2.24, 2.45) is 5.92 Å². The van der Waals surface area contributed by atoms with Gasteiger partial charge in [-0.2, -0.15) is 18.3 Å². The molecule has 0 fully saturated rings. The van der Waals surface area contributed by atoms with Crippen molar-refractivity contribution in [3.63, 3.8) is 0 Å². The molecular formula is C24H22F4N6O. The lowest BCUT2D eigenvalue weighted by Gasteiger charge is -2.24. The molecule has 1 N–H and O–H groups in total. The Balaban J connectivity index is 1.28. The van der Waals surface area contributed by atoms with E-state index in [9.17, 15) is 22.4 Å². The molecule has 182 valence electrons. The second kappa shape index (κ2) is 8.79. The number of amides is 1. The number of halogens is 4. The predicted octanol–water partition coefficient (Wildman–Crippen LogP) is 4.35. The van der Waals surface area contributed by atoms with Crippen LogP contribution in [0.3, 0.4) is 0 Å². The molecule has 0 radical (unpaired) electrons. The number of benzene rings is 1. The Morgan fingerprint density at radius 1 is 1.14 bits per heavy atom. The molecule has 1 atom stereocenters. The third kappa shape index (κ3) is 4.50. The molecule has 0 bridgehead atoms. The number of fused-ring (bicyclic) bond motifs is 2. The predicted molar refractivity (Wildman–Crippen MR) is 119 cm³/mol. The average Bonchev–Trinajstić information content (AvgIpc) is 3.42. The summed E-state index contributed by atoms with van der Waals surface area (Å²) in [5, 5.41) is 7.20. The molecule has 3 aromatic heterocycles. The topological polar surface area (TPSA) is 77.1 Å². The molecule has 0 spiro atoms. The first-order valence-electron chi connectivity index (χ1n) is 11.3. The smallest absolute Gasteiger partial charge is 0.347 e. The van der Waals surface area contributed by atoms with E-state index >= 15 is 0 Å². The largest absolute Gasteiger partial charge is 0.392 e. The molecule has 1 aliphatic rings. The van der Waals surface area contributed by atoms with Gasteiger partial charge in [0.15, 0.2) is 5.82 Å². The number of aromatic nitrogens is 5. The van der Waals surface area contributed by atoms with Crippen LogP contribution < -0.4 is 5.32 Å². The van der Waals surface area contributed by atoms with Crippen LogP contribution in [0.1, 0.15) is 40.9 Å². The molecular weight excluding hydrogens is 464 g/mol. The molecule has 7 nitrogen and oxygen atoms in total. The fraction of sp³-hybridized carbons (Fsp3) is 0.333. The molecule has 0 saturated heterocycles. The van der Waals surface area contributed by atoms with Gasteiger partial charge >= 0.3 is 6.18 Å². The van der Waals surface area contributed by atoms with Crippen molar-refractivity contribution in [1.82, 2.24) is 29.5 Å². The van der Waals surface area contributed by atoms with Gasteiger partial charge in [-0.1, -0.05) is 31.2 Å². The number of rotatable bonds is 5. The minimum Gasteiger partial charge on any atom is -0.347 e. The van der Waals surface area contributed by atoms with Gasteiger partial charge in [-0.05, 0) is 30.5 Å². The van der Waals surface area contributed by atoms with Crippen LogP contribution in [0.4, 0.5) is 17.6 Å². The van der Waals surface area contributed by atoms with Crippen molar-refractivity contribution >= 4 is 11.6 Å². The first-order chi connectivity index (χ1) is 16.7. The van der Waals surface area contributed by atoms with Crippen LogP contribution in [0.25, 0.3) is 17.0 Å². The zero-order chi connectivity index (χ0) is 24.7. The summed E-state index contributed by atoms with van der Waals surface area (Å²) in [5.74, 6) is -1.52. The second-order valence-corrected chi connectivity index (χ2v) is 8.52. The first-order valence-corrected chi connectivity index (χ1v) is 11.3. The number of hydrogen-bond acceptors (Lipinski definition) is 4. The van der Waals surface area contributed by atoms with Crippen LogP contribution in [-0.2, 0) is 25.9 Å². The van der Waals surface area contributed by atoms with E-state index in [1.54, 1.807) is 24.3 Å². The van der Waals surface area contributed by atoms with E-state index in [0.29, 0.717) is 40.7 Å². The third-order valence-electron chi connectivity index (χ3n) is 6.20. The number of nitrogens with zero attached hydrogens (tertiary/aromatic N) is 5. The molecule has 4 heterocycles. The van der Waals surface area contributed by atoms with E-state index < -0.39 is 17.9 Å². The van der Waals surface area contributed by atoms with Gasteiger partial charge in [0.25, 0.3) is 5.91 Å². The highest BCUT2D eigenvalue weighted by atomic mass is 19.4. The molecule has 0 saturated carbocycles. The monoisotopic (exact) mass is 486 g/mol. The Hall–Kier alpha value is -3.76. The summed E-state index contributed by atoms with van der Waals surface area (Å²) in [5.41, 5.74) is 2.85. The van der Waals surface area contributed by atoms with Gasteiger partial charge in [-0.3, -0.25) is 9.20 Å². The minimum absolute atomic E-state index is 0.00318. The maximum atomic E-state index is 13.7. The van der Waals surface area contributed by atoms with Gasteiger partial charge in [0.05, 0.1) is 11.6 Å². The van der Waals surface area contributed by atoms with Crippen molar-refractivity contribution in [3.05, 3.63) is 71.2 Å². The van der Waals surface area contributed by atoms with Crippen molar-refractivity contribution in [2.75, 3.05) is 0 Å². The summed E-state index contributed by atoms with van der Waals surface area (Å²) in [6.45, 7) is 2.29. The SMILES string of the molecule is CCc1nc2ccc(F)cn2c1C(=O)NCc1ccc(-c2nc3n(n2)CC[C@H](C(F)(F)F)C3)cc1. The maximum absolute atomic E-state index is 13.7. The van der Waals surface area contributed by atoms with E-state index in [1.165, 1.54) is 27.4 Å². The Morgan fingerprint density at radius 3 is 2.63 bits per heavy atom. The lowest BCUT2D eigenvalue weighted by Crippen LogP contribution is -2.31. The van der Waals surface area contributed by atoms with Crippen molar-refractivity contribution in [3.8, 4) is 11.4 Å². The zero-order valence-electron chi connectivity index (χ0n) is 18.8. The molecule has 1 aliphatic heterocycles. The average molecular weight is 486 g/mol. The third-order valence-corrected chi connectivity index (χ3v) is 6.20. The molecule has 0 aliphatic carbocycles. The Bertz CT molecular complexity index is 1390. The van der Waals surface area contributed by atoms with Gasteiger partial charge < -0.3 is 5.32 Å². The zero-order valence-corrected chi connectivity index (χ0v) is 18.8. The van der Waals surface area contributed by atoms with Crippen LogP contribution in [0, 0.1) is 11.7 Å². The van der Waals surface area contributed by atoms with Gasteiger partial charge in [-0.25, -0.2) is 19.0 Å². The van der Waals surface area contributed by atoms with Crippen LogP contribution in [0.5, 0.6) is 0 Å².